The summed E-state index contributed by atoms with van der Waals surface area (Å²) in [4.78, 5) is 15.2. The monoisotopic (exact) mass is 565 g/mol. The number of carboxylic acids is 1. The fraction of sp³-hybridized carbons (Fsp3) is 0.259. The van der Waals surface area contributed by atoms with Gasteiger partial charge in [0.1, 0.15) is 36.6 Å². The smallest absolute Gasteiger partial charge is 0.487 e. The summed E-state index contributed by atoms with van der Waals surface area (Å²) in [6.07, 6.45) is 5.01. The number of hydrogen-bond donors (Lipinski definition) is 1. The average Bonchev–Trinajstić information content (AvgIpc) is 3.53. The second kappa shape index (κ2) is 14.7. The Bertz CT molecular complexity index is 1390. The number of aryl methyl sites for hydroxylation is 2. The maximum absolute atomic E-state index is 12.3. The van der Waals surface area contributed by atoms with Gasteiger partial charge >= 0.3 is 12.3 Å². The van der Waals surface area contributed by atoms with Crippen molar-refractivity contribution in [3.05, 3.63) is 89.4 Å². The van der Waals surface area contributed by atoms with E-state index in [0.717, 1.165) is 30.5 Å². The van der Waals surface area contributed by atoms with E-state index in [9.17, 15) is 18.0 Å². The Morgan fingerprint density at radius 2 is 1.70 bits per heavy atom. The van der Waals surface area contributed by atoms with Crippen LogP contribution in [0.3, 0.4) is 0 Å². The minimum absolute atomic E-state index is 0. The number of alkyl halides is 3. The van der Waals surface area contributed by atoms with E-state index in [1.54, 1.807) is 18.3 Å². The minimum atomic E-state index is -4.73. The Morgan fingerprint density at radius 3 is 2.40 bits per heavy atom. The molecule has 0 unspecified atom stereocenters. The van der Waals surface area contributed by atoms with Crippen LogP contribution in [0.2, 0.25) is 0 Å². The summed E-state index contributed by atoms with van der Waals surface area (Å²) in [5, 5.41) is 16.5. The molecular weight excluding hydrogens is 540 g/mol. The molecule has 2 heterocycles. The zero-order valence-electron chi connectivity index (χ0n) is 21.7. The molecule has 2 aromatic heterocycles. The minimum Gasteiger partial charge on any atom is -0.487 e. The average molecular weight is 566 g/mol. The van der Waals surface area contributed by atoms with Gasteiger partial charge in [0.05, 0.1) is 11.9 Å². The number of carboxylic acid groups (broad SMARTS) is 1. The quantitative estimate of drug-likeness (QED) is 0.174. The first kappa shape index (κ1) is 30.9. The summed E-state index contributed by atoms with van der Waals surface area (Å²) >= 11 is 0. The summed E-state index contributed by atoms with van der Waals surface area (Å²) in [5.41, 5.74) is 3.21. The zero-order chi connectivity index (χ0) is 27.7. The molecule has 0 aliphatic carbocycles. The predicted molar refractivity (Wildman–Crippen MR) is 139 cm³/mol. The first-order chi connectivity index (χ1) is 18.7. The van der Waals surface area contributed by atoms with Crippen molar-refractivity contribution in [2.24, 2.45) is 0 Å². The molecule has 0 atom stereocenters. The molecule has 205 valence electrons. The van der Waals surface area contributed by atoms with Crippen LogP contribution < -0.4 is 9.47 Å². The third kappa shape index (κ3) is 10.2. The molecule has 4 rings (SSSR count). The fourth-order valence-corrected chi connectivity index (χ4v) is 3.69. The number of carbonyl (C=O) groups is 1. The number of oxazole rings is 1. The Kier molecular flexibility index (Phi) is 11.4. The van der Waals surface area contributed by atoms with Crippen LogP contribution in [0.25, 0.3) is 12.2 Å². The maximum atomic E-state index is 12.3. The van der Waals surface area contributed by atoms with Gasteiger partial charge in [-0.1, -0.05) is 29.5 Å². The van der Waals surface area contributed by atoms with Crippen molar-refractivity contribution in [1.29, 1.82) is 0 Å². The molecule has 0 amide bonds. The molecule has 40 heavy (non-hydrogen) atoms. The molecule has 1 radical (unpaired) electrons. The molecule has 0 aliphatic rings. The number of halogens is 3. The largest absolute Gasteiger partial charge is 0.573 e. The van der Waals surface area contributed by atoms with Gasteiger partial charge < -0.3 is 19.0 Å². The van der Waals surface area contributed by atoms with Crippen LogP contribution in [0, 0.1) is 0 Å². The number of ether oxygens (including phenoxy) is 2. The van der Waals surface area contributed by atoms with Gasteiger partial charge in [-0.25, -0.2) is 9.67 Å². The van der Waals surface area contributed by atoms with Gasteiger partial charge in [-0.05, 0) is 67.2 Å². The van der Waals surface area contributed by atoms with Gasteiger partial charge in [0.25, 0.3) is 0 Å². The SMILES string of the molecule is O=C(O)Cn1nncc1CCCCc1ccc(OCc2coc(C=Cc3ccc(OC(F)(F)F)cc3)n2)cc1.[Na]. The Labute approximate surface area is 249 Å². The van der Waals surface area contributed by atoms with E-state index in [0.29, 0.717) is 29.3 Å². The molecule has 13 heteroatoms. The second-order valence-electron chi connectivity index (χ2n) is 8.54. The van der Waals surface area contributed by atoms with E-state index in [-0.39, 0.29) is 48.5 Å². The predicted octanol–water partition coefficient (Wildman–Crippen LogP) is 5.18. The number of benzene rings is 2. The van der Waals surface area contributed by atoms with E-state index in [1.807, 2.05) is 24.3 Å². The summed E-state index contributed by atoms with van der Waals surface area (Å²) < 4.78 is 53.2. The molecule has 0 spiro atoms. The number of aromatic nitrogens is 4. The van der Waals surface area contributed by atoms with Gasteiger partial charge in [-0.15, -0.1) is 18.3 Å². The van der Waals surface area contributed by atoms with E-state index in [1.165, 1.54) is 35.2 Å². The molecule has 1 N–H and O–H groups in total. The summed E-state index contributed by atoms with van der Waals surface area (Å²) in [7, 11) is 0. The van der Waals surface area contributed by atoms with Gasteiger partial charge in [0.15, 0.2) is 0 Å². The molecule has 9 nitrogen and oxygen atoms in total. The topological polar surface area (TPSA) is 112 Å². The summed E-state index contributed by atoms with van der Waals surface area (Å²) in [6.45, 7) is 0.0168. The molecule has 0 aliphatic heterocycles. The van der Waals surface area contributed by atoms with Gasteiger partial charge in [-0.3, -0.25) is 4.79 Å². The molecule has 4 aromatic rings. The Balaban J connectivity index is 0.00000441. The van der Waals surface area contributed by atoms with Gasteiger partial charge in [-0.2, -0.15) is 0 Å². The van der Waals surface area contributed by atoms with Gasteiger partial charge in [0.2, 0.25) is 5.89 Å². The number of hydrogen-bond acceptors (Lipinski definition) is 7. The maximum Gasteiger partial charge on any atom is 0.573 e. The van der Waals surface area contributed by atoms with Crippen molar-refractivity contribution in [3.63, 3.8) is 0 Å². The van der Waals surface area contributed by atoms with Crippen LogP contribution in [0.1, 0.15) is 41.2 Å². The van der Waals surface area contributed by atoms with Crippen LogP contribution >= 0.6 is 0 Å². The number of rotatable bonds is 13. The molecule has 2 aromatic carbocycles. The van der Waals surface area contributed by atoms with Gasteiger partial charge in [0, 0.05) is 35.6 Å². The first-order valence-electron chi connectivity index (χ1n) is 12.0. The van der Waals surface area contributed by atoms with Crippen molar-refractivity contribution in [2.75, 3.05) is 0 Å². The molecular formula is C27H25F3N4NaO5. The van der Waals surface area contributed by atoms with Crippen LogP contribution in [0.5, 0.6) is 11.5 Å². The van der Waals surface area contributed by atoms with Crippen molar-refractivity contribution >= 4 is 47.7 Å². The van der Waals surface area contributed by atoms with Crippen LogP contribution in [0.4, 0.5) is 13.2 Å². The van der Waals surface area contributed by atoms with E-state index < -0.39 is 12.3 Å². The zero-order valence-corrected chi connectivity index (χ0v) is 23.7. The number of unbranched alkanes of at least 4 members (excludes halogenated alkanes) is 1. The van der Waals surface area contributed by atoms with E-state index >= 15 is 0 Å². The number of nitrogens with zero attached hydrogens (tertiary/aromatic N) is 4. The van der Waals surface area contributed by atoms with E-state index in [4.69, 9.17) is 14.3 Å². The molecule has 0 saturated carbocycles. The van der Waals surface area contributed by atoms with Crippen molar-refractivity contribution in [2.45, 2.75) is 45.2 Å². The standard InChI is InChI=1S/C27H25F3N4O5.Na/c28-27(29,30)39-24-12-7-20(8-13-24)9-14-25-32-21(18-38-25)17-37-23-10-5-19(6-11-23)3-1-2-4-22-15-31-33-34(22)16-26(35)36;/h5-15,18H,1-4,16-17H2,(H,35,36);. The first-order valence-corrected chi connectivity index (χ1v) is 12.0. The molecule has 0 bridgehead atoms. The number of aliphatic carboxylic acids is 1. The van der Waals surface area contributed by atoms with E-state index in [2.05, 4.69) is 20.0 Å². The summed E-state index contributed by atoms with van der Waals surface area (Å²) in [5.74, 6) is -0.222. The Morgan fingerprint density at radius 1 is 1.00 bits per heavy atom. The normalized spacial score (nSPS) is 11.4. The third-order valence-electron chi connectivity index (χ3n) is 5.54. The fourth-order valence-electron chi connectivity index (χ4n) is 3.69. The Hall–Kier alpha value is -3.61. The second-order valence-corrected chi connectivity index (χ2v) is 8.54. The van der Waals surface area contributed by atoms with Crippen molar-refractivity contribution in [1.82, 2.24) is 20.0 Å². The van der Waals surface area contributed by atoms with Crippen LogP contribution in [-0.4, -0.2) is 67.0 Å². The van der Waals surface area contributed by atoms with Crippen LogP contribution in [0.15, 0.2) is 65.4 Å². The molecule has 0 fully saturated rings. The van der Waals surface area contributed by atoms with Crippen LogP contribution in [-0.2, 0) is 30.8 Å². The third-order valence-corrected chi connectivity index (χ3v) is 5.54. The molecule has 0 saturated heterocycles. The summed E-state index contributed by atoms with van der Waals surface area (Å²) in [6, 6.07) is 13.2. The van der Waals surface area contributed by atoms with Crippen molar-refractivity contribution < 1.29 is 37.0 Å². The van der Waals surface area contributed by atoms with Crippen molar-refractivity contribution in [3.8, 4) is 11.5 Å².